The number of methoxy groups -OCH3 is 1. The number of aromatic nitrogens is 4. The van der Waals surface area contributed by atoms with Crippen LogP contribution in [0.4, 0.5) is 16.3 Å². The summed E-state index contributed by atoms with van der Waals surface area (Å²) in [7, 11) is 5.38. The van der Waals surface area contributed by atoms with Crippen molar-refractivity contribution >= 4 is 34.1 Å². The van der Waals surface area contributed by atoms with Crippen LogP contribution in [0.5, 0.6) is 5.75 Å². The molecule has 4 rings (SSSR count). The summed E-state index contributed by atoms with van der Waals surface area (Å²) in [6, 6.07) is 9.76. The highest BCUT2D eigenvalue weighted by Gasteiger charge is 2.21. The smallest absolute Gasteiger partial charge is 0.419 e. The monoisotopic (exact) mass is 542 g/mol. The first-order valence-electron chi connectivity index (χ1n) is 13.4. The van der Waals surface area contributed by atoms with Crippen molar-refractivity contribution in [3.8, 4) is 16.9 Å². The number of nitrogens with one attached hydrogen (secondary N) is 2. The van der Waals surface area contributed by atoms with E-state index in [9.17, 15) is 4.79 Å². The van der Waals surface area contributed by atoms with Gasteiger partial charge in [0, 0.05) is 55.3 Å². The highest BCUT2D eigenvalue weighted by atomic mass is 16.6. The Kier molecular flexibility index (Phi) is 8.62. The number of hydrogen-bond donors (Lipinski definition) is 2. The van der Waals surface area contributed by atoms with Crippen LogP contribution in [0, 0.1) is 6.92 Å². The van der Waals surface area contributed by atoms with Crippen molar-refractivity contribution in [1.82, 2.24) is 24.6 Å². The normalized spacial score (nSPS) is 12.2. The molecule has 0 aliphatic heterocycles. The SMILES string of the molecule is CCC(C)=C/C(=C\NC)c1cc2cnc(Nc3ccc(-c4cn(C)nc4C)cc3OC)cc2n1C(=O)OC(C)C. The molecule has 40 heavy (non-hydrogen) atoms. The molecule has 0 fully saturated rings. The van der Waals surface area contributed by atoms with Crippen molar-refractivity contribution in [2.24, 2.45) is 7.05 Å². The van der Waals surface area contributed by atoms with Gasteiger partial charge < -0.3 is 20.1 Å². The lowest BCUT2D eigenvalue weighted by Crippen LogP contribution is -2.20. The van der Waals surface area contributed by atoms with E-state index in [1.807, 2.05) is 77.6 Å². The molecule has 3 heterocycles. The van der Waals surface area contributed by atoms with Gasteiger partial charge in [-0.05, 0) is 57.9 Å². The molecule has 9 heteroatoms. The van der Waals surface area contributed by atoms with Crippen LogP contribution >= 0.6 is 0 Å². The predicted octanol–water partition coefficient (Wildman–Crippen LogP) is 6.81. The van der Waals surface area contributed by atoms with E-state index in [1.165, 1.54) is 5.57 Å². The number of allylic oxidation sites excluding steroid dienone is 3. The topological polar surface area (TPSA) is 95.2 Å². The Morgan fingerprint density at radius 1 is 1.20 bits per heavy atom. The molecule has 0 aliphatic carbocycles. The Morgan fingerprint density at radius 3 is 2.60 bits per heavy atom. The predicted molar refractivity (Wildman–Crippen MR) is 161 cm³/mol. The van der Waals surface area contributed by atoms with E-state index in [4.69, 9.17) is 9.47 Å². The zero-order chi connectivity index (χ0) is 29.0. The highest BCUT2D eigenvalue weighted by molar-refractivity contribution is 5.97. The number of anilines is 2. The average Bonchev–Trinajstić information content (AvgIpc) is 3.46. The van der Waals surface area contributed by atoms with Crippen molar-refractivity contribution in [3.05, 3.63) is 72.0 Å². The summed E-state index contributed by atoms with van der Waals surface area (Å²) in [6.07, 6.45) is 7.89. The number of nitrogens with zero attached hydrogens (tertiary/aromatic N) is 4. The van der Waals surface area contributed by atoms with Crippen molar-refractivity contribution in [2.75, 3.05) is 19.5 Å². The standard InChI is InChI=1S/C31H38N6O3/c1-9-20(4)12-23(16-32-6)27-13-24-17-33-30(15-28(24)37(27)31(38)40-19(2)3)34-26-11-10-22(14-29(26)39-8)25-18-36(7)35-21(25)5/h10-19,32H,9H2,1-8H3,(H,33,34)/b20-12?,23-16+. The summed E-state index contributed by atoms with van der Waals surface area (Å²) >= 11 is 0. The number of rotatable bonds is 9. The van der Waals surface area contributed by atoms with Crippen LogP contribution in [0.15, 0.2) is 60.6 Å². The van der Waals surface area contributed by atoms with Crippen LogP contribution in [0.3, 0.4) is 0 Å². The first kappa shape index (κ1) is 28.5. The summed E-state index contributed by atoms with van der Waals surface area (Å²) in [4.78, 5) is 18.0. The second kappa shape index (κ2) is 12.1. The third kappa shape index (κ3) is 6.03. The summed E-state index contributed by atoms with van der Waals surface area (Å²) in [6.45, 7) is 9.84. The van der Waals surface area contributed by atoms with Crippen LogP contribution in [0.1, 0.15) is 45.5 Å². The molecule has 0 atom stereocenters. The fourth-order valence-corrected chi connectivity index (χ4v) is 4.53. The highest BCUT2D eigenvalue weighted by Crippen LogP contribution is 2.35. The van der Waals surface area contributed by atoms with Crippen molar-refractivity contribution in [3.63, 3.8) is 0 Å². The first-order valence-corrected chi connectivity index (χ1v) is 13.4. The van der Waals surface area contributed by atoms with Gasteiger partial charge in [-0.25, -0.2) is 14.3 Å². The summed E-state index contributed by atoms with van der Waals surface area (Å²) in [5.41, 5.74) is 7.20. The molecule has 0 saturated carbocycles. The molecule has 0 aliphatic rings. The molecular formula is C31H38N6O3. The van der Waals surface area contributed by atoms with Crippen molar-refractivity contribution in [2.45, 2.75) is 47.1 Å². The molecular weight excluding hydrogens is 504 g/mol. The Hall–Kier alpha value is -4.53. The van der Waals surface area contributed by atoms with E-state index in [0.29, 0.717) is 17.1 Å². The number of aryl methyl sites for hydroxylation is 2. The lowest BCUT2D eigenvalue weighted by Gasteiger charge is -2.15. The Balaban J connectivity index is 1.79. The number of carbonyl (C=O) groups is 1. The Morgan fingerprint density at radius 2 is 1.98 bits per heavy atom. The Bertz CT molecular complexity index is 1590. The second-order valence-corrected chi connectivity index (χ2v) is 10.0. The fraction of sp³-hybridized carbons (Fsp3) is 0.323. The van der Waals surface area contributed by atoms with E-state index in [2.05, 4.69) is 40.6 Å². The summed E-state index contributed by atoms with van der Waals surface area (Å²) in [5.74, 6) is 1.23. The number of benzene rings is 1. The maximum atomic E-state index is 13.4. The number of ether oxygens (including phenoxy) is 2. The number of hydrogen-bond acceptors (Lipinski definition) is 7. The van der Waals surface area contributed by atoms with Gasteiger partial charge >= 0.3 is 6.09 Å². The molecule has 0 saturated heterocycles. The van der Waals surface area contributed by atoms with E-state index < -0.39 is 6.09 Å². The molecule has 0 bridgehead atoms. The second-order valence-electron chi connectivity index (χ2n) is 10.0. The van der Waals surface area contributed by atoms with Gasteiger partial charge in [0.25, 0.3) is 0 Å². The van der Waals surface area contributed by atoms with Crippen LogP contribution in [0.2, 0.25) is 0 Å². The zero-order valence-corrected chi connectivity index (χ0v) is 24.5. The maximum Gasteiger partial charge on any atom is 0.419 e. The Labute approximate surface area is 235 Å². The van der Waals surface area contributed by atoms with Crippen molar-refractivity contribution < 1.29 is 14.3 Å². The lowest BCUT2D eigenvalue weighted by atomic mass is 10.1. The van der Waals surface area contributed by atoms with Gasteiger partial charge in [-0.1, -0.05) is 24.6 Å². The molecule has 210 valence electrons. The van der Waals surface area contributed by atoms with Crippen LogP contribution < -0.4 is 15.4 Å². The first-order chi connectivity index (χ1) is 19.1. The van der Waals surface area contributed by atoms with Gasteiger partial charge in [0.15, 0.2) is 0 Å². The van der Waals surface area contributed by atoms with E-state index in [0.717, 1.165) is 45.6 Å². The largest absolute Gasteiger partial charge is 0.495 e. The minimum atomic E-state index is -0.449. The lowest BCUT2D eigenvalue weighted by molar-refractivity contribution is 0.118. The summed E-state index contributed by atoms with van der Waals surface area (Å²) in [5, 5.41) is 11.7. The number of pyridine rings is 1. The van der Waals surface area contributed by atoms with Gasteiger partial charge in [0.05, 0.1) is 35.8 Å². The molecule has 0 spiro atoms. The molecule has 2 N–H and O–H groups in total. The minimum Gasteiger partial charge on any atom is -0.495 e. The van der Waals surface area contributed by atoms with Gasteiger partial charge in [0.2, 0.25) is 0 Å². The molecule has 0 unspecified atom stereocenters. The van der Waals surface area contributed by atoms with E-state index in [1.54, 1.807) is 22.6 Å². The van der Waals surface area contributed by atoms with Crippen LogP contribution in [-0.4, -0.2) is 45.7 Å². The van der Waals surface area contributed by atoms with E-state index >= 15 is 0 Å². The van der Waals surface area contributed by atoms with Crippen LogP contribution in [0.25, 0.3) is 27.6 Å². The number of fused-ring (bicyclic) bond motifs is 1. The molecule has 4 aromatic rings. The average molecular weight is 543 g/mol. The maximum absolute atomic E-state index is 13.4. The van der Waals surface area contributed by atoms with Crippen LogP contribution in [-0.2, 0) is 11.8 Å². The van der Waals surface area contributed by atoms with Gasteiger partial charge in [-0.2, -0.15) is 5.10 Å². The van der Waals surface area contributed by atoms with E-state index in [-0.39, 0.29) is 6.10 Å². The number of carbonyl (C=O) groups excluding carboxylic acids is 1. The van der Waals surface area contributed by atoms with Crippen molar-refractivity contribution in [1.29, 1.82) is 0 Å². The molecule has 3 aromatic heterocycles. The quantitative estimate of drug-likeness (QED) is 0.224. The molecule has 9 nitrogen and oxygen atoms in total. The molecule has 1 aromatic carbocycles. The summed E-state index contributed by atoms with van der Waals surface area (Å²) < 4.78 is 14.8. The molecule has 0 amide bonds. The third-order valence-corrected chi connectivity index (χ3v) is 6.55. The zero-order valence-electron chi connectivity index (χ0n) is 24.5. The van der Waals surface area contributed by atoms with Gasteiger partial charge in [-0.3, -0.25) is 4.68 Å². The molecule has 0 radical (unpaired) electrons. The third-order valence-electron chi connectivity index (χ3n) is 6.55. The van der Waals surface area contributed by atoms with Gasteiger partial charge in [-0.15, -0.1) is 0 Å². The van der Waals surface area contributed by atoms with Gasteiger partial charge in [0.1, 0.15) is 11.6 Å². The minimum absolute atomic E-state index is 0.270. The fourth-order valence-electron chi connectivity index (χ4n) is 4.53.